The summed E-state index contributed by atoms with van der Waals surface area (Å²) in [6, 6.07) is 11.2. The predicted molar refractivity (Wildman–Crippen MR) is 138 cm³/mol. The fourth-order valence-electron chi connectivity index (χ4n) is 2.99. The van der Waals surface area contributed by atoms with Crippen molar-refractivity contribution in [3.63, 3.8) is 0 Å². The molecule has 4 rings (SSSR count). The lowest BCUT2D eigenvalue weighted by molar-refractivity contribution is -0.113. The molecule has 0 aliphatic heterocycles. The number of thioether (sulfide) groups is 1. The first-order chi connectivity index (χ1) is 16.3. The van der Waals surface area contributed by atoms with Crippen molar-refractivity contribution < 1.29 is 9.53 Å². The van der Waals surface area contributed by atoms with E-state index in [0.717, 1.165) is 11.3 Å². The maximum atomic E-state index is 12.4. The number of halogens is 2. The van der Waals surface area contributed by atoms with Crippen LogP contribution in [0.5, 0.6) is 5.75 Å². The second kappa shape index (κ2) is 10.8. The fourth-order valence-corrected chi connectivity index (χ4v) is 4.95. The van der Waals surface area contributed by atoms with Gasteiger partial charge in [0.2, 0.25) is 5.91 Å². The number of carbonyl (C=O) groups is 1. The smallest absolute Gasteiger partial charge is 0.236 e. The minimum absolute atomic E-state index is 0.167. The second-order valence-corrected chi connectivity index (χ2v) is 10.1. The molecule has 0 aliphatic carbocycles. The fraction of sp³-hybridized carbons (Fsp3) is 0.217. The summed E-state index contributed by atoms with van der Waals surface area (Å²) in [5.41, 5.74) is 3.82. The Morgan fingerprint density at radius 1 is 1.15 bits per heavy atom. The minimum atomic E-state index is -0.191. The van der Waals surface area contributed by atoms with Gasteiger partial charge in [0.05, 0.1) is 16.5 Å². The van der Waals surface area contributed by atoms with E-state index in [1.54, 1.807) is 18.2 Å². The molecule has 0 unspecified atom stereocenters. The van der Waals surface area contributed by atoms with Crippen molar-refractivity contribution >= 4 is 57.3 Å². The first-order valence-corrected chi connectivity index (χ1v) is 12.8. The zero-order chi connectivity index (χ0) is 24.2. The molecule has 0 atom stereocenters. The Kier molecular flexibility index (Phi) is 7.77. The molecule has 0 saturated heterocycles. The molecule has 2 aromatic heterocycles. The lowest BCUT2D eigenvalue weighted by Crippen LogP contribution is -2.14. The number of amides is 1. The number of thiazole rings is 1. The molecule has 0 fully saturated rings. The summed E-state index contributed by atoms with van der Waals surface area (Å²) in [7, 11) is 1.85. The van der Waals surface area contributed by atoms with Crippen molar-refractivity contribution in [1.29, 1.82) is 0 Å². The Balaban J connectivity index is 1.31. The monoisotopic (exact) mass is 533 g/mol. The lowest BCUT2D eigenvalue weighted by atomic mass is 10.1. The van der Waals surface area contributed by atoms with Crippen LogP contribution < -0.4 is 10.1 Å². The molecule has 11 heteroatoms. The Morgan fingerprint density at radius 3 is 2.74 bits per heavy atom. The van der Waals surface area contributed by atoms with Gasteiger partial charge in [0.15, 0.2) is 16.1 Å². The molecule has 1 amide bonds. The minimum Gasteiger partial charge on any atom is -0.486 e. The maximum absolute atomic E-state index is 12.4. The molecule has 1 N–H and O–H groups in total. The van der Waals surface area contributed by atoms with Crippen molar-refractivity contribution in [2.24, 2.45) is 7.05 Å². The van der Waals surface area contributed by atoms with Crippen LogP contribution >= 0.6 is 46.3 Å². The topological polar surface area (TPSA) is 81.9 Å². The molecule has 2 heterocycles. The standard InChI is InChI=1S/C23H21Cl2N5O2S2/c1-13-4-6-16(8-14(13)2)32-10-20-28-29-23(30(20)3)34-12-21(31)27-22-26-19(11-33-22)17-7-5-15(24)9-18(17)25/h4-9,11H,10,12H2,1-3H3,(H,26,27,31). The number of hydrogen-bond donors (Lipinski definition) is 1. The Morgan fingerprint density at radius 2 is 1.97 bits per heavy atom. The van der Waals surface area contributed by atoms with Gasteiger partial charge in [0, 0.05) is 23.0 Å². The predicted octanol–water partition coefficient (Wildman–Crippen LogP) is 6.17. The van der Waals surface area contributed by atoms with E-state index in [4.69, 9.17) is 27.9 Å². The zero-order valence-electron chi connectivity index (χ0n) is 18.6. The molecule has 7 nitrogen and oxygen atoms in total. The van der Waals surface area contributed by atoms with Crippen LogP contribution in [0.25, 0.3) is 11.3 Å². The SMILES string of the molecule is Cc1ccc(OCc2nnc(SCC(=O)Nc3nc(-c4ccc(Cl)cc4Cl)cs3)n2C)cc1C. The normalized spacial score (nSPS) is 11.0. The highest BCUT2D eigenvalue weighted by Crippen LogP contribution is 2.32. The summed E-state index contributed by atoms with van der Waals surface area (Å²) in [5.74, 6) is 1.43. The van der Waals surface area contributed by atoms with Gasteiger partial charge in [-0.1, -0.05) is 41.0 Å². The molecule has 0 saturated carbocycles. The lowest BCUT2D eigenvalue weighted by Gasteiger charge is -2.08. The summed E-state index contributed by atoms with van der Waals surface area (Å²) in [4.78, 5) is 16.9. The molecule has 176 valence electrons. The van der Waals surface area contributed by atoms with E-state index in [1.807, 2.05) is 42.1 Å². The van der Waals surface area contributed by atoms with Crippen LogP contribution in [0.15, 0.2) is 46.9 Å². The highest BCUT2D eigenvalue weighted by molar-refractivity contribution is 7.99. The molecule has 0 spiro atoms. The van der Waals surface area contributed by atoms with Crippen molar-refractivity contribution in [3.05, 3.63) is 68.8 Å². The van der Waals surface area contributed by atoms with Crippen molar-refractivity contribution in [1.82, 2.24) is 19.7 Å². The average Bonchev–Trinajstić information content (AvgIpc) is 3.39. The number of hydrogen-bond acceptors (Lipinski definition) is 7. The van der Waals surface area contributed by atoms with E-state index >= 15 is 0 Å². The van der Waals surface area contributed by atoms with Crippen LogP contribution in [0.4, 0.5) is 5.13 Å². The van der Waals surface area contributed by atoms with E-state index < -0.39 is 0 Å². The van der Waals surface area contributed by atoms with Crippen LogP contribution in [-0.2, 0) is 18.4 Å². The van der Waals surface area contributed by atoms with Crippen LogP contribution in [0.2, 0.25) is 10.0 Å². The summed E-state index contributed by atoms with van der Waals surface area (Å²) in [6.07, 6.45) is 0. The van der Waals surface area contributed by atoms with Gasteiger partial charge in [-0.05, 0) is 55.3 Å². The average molecular weight is 534 g/mol. The van der Waals surface area contributed by atoms with Gasteiger partial charge in [0.25, 0.3) is 0 Å². The van der Waals surface area contributed by atoms with E-state index in [9.17, 15) is 4.79 Å². The third-order valence-corrected chi connectivity index (χ3v) is 7.39. The molecule has 0 aliphatic rings. The van der Waals surface area contributed by atoms with Crippen molar-refractivity contribution in [2.45, 2.75) is 25.6 Å². The molecule has 2 aromatic carbocycles. The molecule has 0 radical (unpaired) electrons. The first-order valence-electron chi connectivity index (χ1n) is 10.2. The number of ether oxygens (including phenoxy) is 1. The van der Waals surface area contributed by atoms with E-state index in [1.165, 1.54) is 34.2 Å². The van der Waals surface area contributed by atoms with E-state index in [2.05, 4.69) is 27.4 Å². The van der Waals surface area contributed by atoms with Gasteiger partial charge in [0.1, 0.15) is 12.4 Å². The van der Waals surface area contributed by atoms with Gasteiger partial charge in [-0.2, -0.15) is 0 Å². The number of nitrogens with one attached hydrogen (secondary N) is 1. The number of nitrogens with zero attached hydrogens (tertiary/aromatic N) is 4. The third kappa shape index (κ3) is 5.90. The first kappa shape index (κ1) is 24.5. The Bertz CT molecular complexity index is 1340. The molecule has 34 heavy (non-hydrogen) atoms. The van der Waals surface area contributed by atoms with Gasteiger partial charge in [-0.15, -0.1) is 21.5 Å². The number of aryl methyl sites for hydroxylation is 2. The second-order valence-electron chi connectivity index (χ2n) is 7.49. The van der Waals surface area contributed by atoms with Crippen LogP contribution in [0.1, 0.15) is 17.0 Å². The van der Waals surface area contributed by atoms with E-state index in [0.29, 0.717) is 31.9 Å². The molecular weight excluding hydrogens is 513 g/mol. The quantitative estimate of drug-likeness (QED) is 0.272. The number of rotatable bonds is 8. The van der Waals surface area contributed by atoms with Gasteiger partial charge < -0.3 is 14.6 Å². The summed E-state index contributed by atoms with van der Waals surface area (Å²) in [6.45, 7) is 4.39. The highest BCUT2D eigenvalue weighted by Gasteiger charge is 2.14. The van der Waals surface area contributed by atoms with Crippen molar-refractivity contribution in [2.75, 3.05) is 11.1 Å². The number of carbonyl (C=O) groups excluding carboxylic acids is 1. The summed E-state index contributed by atoms with van der Waals surface area (Å²) < 4.78 is 7.67. The van der Waals surface area contributed by atoms with Gasteiger partial charge >= 0.3 is 0 Å². The largest absolute Gasteiger partial charge is 0.486 e. The maximum Gasteiger partial charge on any atom is 0.236 e. The van der Waals surface area contributed by atoms with Gasteiger partial charge in [-0.25, -0.2) is 4.98 Å². The van der Waals surface area contributed by atoms with Crippen LogP contribution in [0.3, 0.4) is 0 Å². The molecule has 0 bridgehead atoms. The summed E-state index contributed by atoms with van der Waals surface area (Å²) >= 11 is 14.8. The van der Waals surface area contributed by atoms with Gasteiger partial charge in [-0.3, -0.25) is 4.79 Å². The third-order valence-electron chi connectivity index (χ3n) is 5.06. The Labute approximate surface area is 215 Å². The zero-order valence-corrected chi connectivity index (χ0v) is 21.8. The number of benzene rings is 2. The summed E-state index contributed by atoms with van der Waals surface area (Å²) in [5, 5.41) is 15.2. The molecule has 4 aromatic rings. The van der Waals surface area contributed by atoms with Crippen molar-refractivity contribution in [3.8, 4) is 17.0 Å². The van der Waals surface area contributed by atoms with E-state index in [-0.39, 0.29) is 18.3 Å². The number of aromatic nitrogens is 4. The number of anilines is 1. The Hall–Kier alpha value is -2.59. The van der Waals surface area contributed by atoms with Crippen LogP contribution in [-0.4, -0.2) is 31.4 Å². The highest BCUT2D eigenvalue weighted by atomic mass is 35.5. The van der Waals surface area contributed by atoms with Crippen LogP contribution in [0, 0.1) is 13.8 Å². The molecular formula is C23H21Cl2N5O2S2.